The third kappa shape index (κ3) is 4.97. The molecule has 0 aliphatic carbocycles. The molecule has 1 aromatic carbocycles. The maximum atomic E-state index is 12.0. The Labute approximate surface area is 133 Å². The Morgan fingerprint density at radius 1 is 1.27 bits per heavy atom. The standard InChI is InChI=1S/C18H27N3O/c1-3-10-19-18(22)16(2)21-14-12-20(13-15-21)11-9-17-7-5-4-6-8-17/h3-8,16H,1,9-15H2,2H3,(H,19,22). The van der Waals surface area contributed by atoms with Gasteiger partial charge in [0.05, 0.1) is 6.04 Å². The maximum Gasteiger partial charge on any atom is 0.237 e. The van der Waals surface area contributed by atoms with Gasteiger partial charge in [0.2, 0.25) is 5.91 Å². The van der Waals surface area contributed by atoms with Crippen LogP contribution >= 0.6 is 0 Å². The summed E-state index contributed by atoms with van der Waals surface area (Å²) in [6.45, 7) is 11.2. The third-order valence-corrected chi connectivity index (χ3v) is 4.31. The van der Waals surface area contributed by atoms with E-state index in [2.05, 4.69) is 52.0 Å². The normalized spacial score (nSPS) is 17.9. The zero-order chi connectivity index (χ0) is 15.8. The van der Waals surface area contributed by atoms with Crippen LogP contribution in [0.5, 0.6) is 0 Å². The van der Waals surface area contributed by atoms with Crippen LogP contribution in [0, 0.1) is 0 Å². The fraction of sp³-hybridized carbons (Fsp3) is 0.500. The van der Waals surface area contributed by atoms with Gasteiger partial charge in [-0.25, -0.2) is 0 Å². The van der Waals surface area contributed by atoms with Crippen LogP contribution in [0.2, 0.25) is 0 Å². The van der Waals surface area contributed by atoms with Crippen molar-refractivity contribution in [1.29, 1.82) is 0 Å². The van der Waals surface area contributed by atoms with Crippen LogP contribution in [-0.4, -0.2) is 61.0 Å². The van der Waals surface area contributed by atoms with E-state index < -0.39 is 0 Å². The molecule has 0 radical (unpaired) electrons. The number of rotatable bonds is 7. The summed E-state index contributed by atoms with van der Waals surface area (Å²) in [6, 6.07) is 10.6. The highest BCUT2D eigenvalue weighted by Crippen LogP contribution is 2.08. The van der Waals surface area contributed by atoms with Gasteiger partial charge in [-0.05, 0) is 18.9 Å². The van der Waals surface area contributed by atoms with Gasteiger partial charge in [0, 0.05) is 39.3 Å². The molecule has 2 rings (SSSR count). The fourth-order valence-corrected chi connectivity index (χ4v) is 2.79. The van der Waals surface area contributed by atoms with Crippen molar-refractivity contribution in [2.75, 3.05) is 39.3 Å². The first-order chi connectivity index (χ1) is 10.7. The predicted octanol–water partition coefficient (Wildman–Crippen LogP) is 1.54. The van der Waals surface area contributed by atoms with Crippen molar-refractivity contribution in [3.05, 3.63) is 48.6 Å². The van der Waals surface area contributed by atoms with Gasteiger partial charge in [0.15, 0.2) is 0 Å². The summed E-state index contributed by atoms with van der Waals surface area (Å²) in [4.78, 5) is 16.7. The summed E-state index contributed by atoms with van der Waals surface area (Å²) in [7, 11) is 0. The Balaban J connectivity index is 1.71. The number of carbonyl (C=O) groups excluding carboxylic acids is 1. The van der Waals surface area contributed by atoms with Crippen molar-refractivity contribution in [3.63, 3.8) is 0 Å². The summed E-state index contributed by atoms with van der Waals surface area (Å²) in [6.07, 6.45) is 2.81. The van der Waals surface area contributed by atoms with Crippen molar-refractivity contribution in [2.24, 2.45) is 0 Å². The van der Waals surface area contributed by atoms with E-state index in [9.17, 15) is 4.79 Å². The molecular formula is C18H27N3O. The molecule has 0 aromatic heterocycles. The van der Waals surface area contributed by atoms with Crippen molar-refractivity contribution >= 4 is 5.91 Å². The van der Waals surface area contributed by atoms with Crippen LogP contribution in [0.25, 0.3) is 0 Å². The molecule has 4 nitrogen and oxygen atoms in total. The zero-order valence-electron chi connectivity index (χ0n) is 13.5. The molecule has 1 fully saturated rings. The molecular weight excluding hydrogens is 274 g/mol. The lowest BCUT2D eigenvalue weighted by atomic mass is 10.1. The summed E-state index contributed by atoms with van der Waals surface area (Å²) in [5.74, 6) is 0.0950. The number of piperazine rings is 1. The lowest BCUT2D eigenvalue weighted by Gasteiger charge is -2.37. The lowest BCUT2D eigenvalue weighted by molar-refractivity contribution is -0.126. The molecule has 1 unspecified atom stereocenters. The summed E-state index contributed by atoms with van der Waals surface area (Å²) in [5, 5.41) is 2.87. The van der Waals surface area contributed by atoms with Crippen molar-refractivity contribution in [1.82, 2.24) is 15.1 Å². The first-order valence-electron chi connectivity index (χ1n) is 8.09. The van der Waals surface area contributed by atoms with Crippen LogP contribution in [0.15, 0.2) is 43.0 Å². The highest BCUT2D eigenvalue weighted by atomic mass is 16.2. The van der Waals surface area contributed by atoms with E-state index in [4.69, 9.17) is 0 Å². The van der Waals surface area contributed by atoms with E-state index in [-0.39, 0.29) is 11.9 Å². The second-order valence-corrected chi connectivity index (χ2v) is 5.82. The molecule has 1 aromatic rings. The zero-order valence-corrected chi connectivity index (χ0v) is 13.5. The number of benzene rings is 1. The van der Waals surface area contributed by atoms with Gasteiger partial charge in [-0.3, -0.25) is 9.69 Å². The lowest BCUT2D eigenvalue weighted by Crippen LogP contribution is -2.54. The van der Waals surface area contributed by atoms with Gasteiger partial charge < -0.3 is 10.2 Å². The first-order valence-corrected chi connectivity index (χ1v) is 8.09. The highest BCUT2D eigenvalue weighted by Gasteiger charge is 2.24. The minimum Gasteiger partial charge on any atom is -0.351 e. The molecule has 1 heterocycles. The number of amides is 1. The fourth-order valence-electron chi connectivity index (χ4n) is 2.79. The van der Waals surface area contributed by atoms with E-state index in [1.54, 1.807) is 6.08 Å². The Bertz CT molecular complexity index is 466. The van der Waals surface area contributed by atoms with Gasteiger partial charge in [0.25, 0.3) is 0 Å². The van der Waals surface area contributed by atoms with Crippen LogP contribution in [0.4, 0.5) is 0 Å². The molecule has 1 saturated heterocycles. The maximum absolute atomic E-state index is 12.0. The number of nitrogens with zero attached hydrogens (tertiary/aromatic N) is 2. The first kappa shape index (κ1) is 16.7. The van der Waals surface area contributed by atoms with Crippen molar-refractivity contribution in [2.45, 2.75) is 19.4 Å². The highest BCUT2D eigenvalue weighted by molar-refractivity contribution is 5.81. The molecule has 0 spiro atoms. The molecule has 120 valence electrons. The van der Waals surface area contributed by atoms with Gasteiger partial charge in [0.1, 0.15) is 0 Å². The number of carbonyl (C=O) groups is 1. The minimum absolute atomic E-state index is 0.0591. The Hall–Kier alpha value is -1.65. The van der Waals surface area contributed by atoms with E-state index in [0.29, 0.717) is 6.54 Å². The Morgan fingerprint density at radius 3 is 2.59 bits per heavy atom. The number of hydrogen-bond donors (Lipinski definition) is 1. The van der Waals surface area contributed by atoms with Gasteiger partial charge in [-0.1, -0.05) is 36.4 Å². The van der Waals surface area contributed by atoms with Gasteiger partial charge >= 0.3 is 0 Å². The topological polar surface area (TPSA) is 35.6 Å². The van der Waals surface area contributed by atoms with E-state index in [0.717, 1.165) is 39.1 Å². The largest absolute Gasteiger partial charge is 0.351 e. The van der Waals surface area contributed by atoms with Gasteiger partial charge in [-0.15, -0.1) is 6.58 Å². The van der Waals surface area contributed by atoms with Crippen LogP contribution in [0.3, 0.4) is 0 Å². The molecule has 1 atom stereocenters. The quantitative estimate of drug-likeness (QED) is 0.776. The third-order valence-electron chi connectivity index (χ3n) is 4.31. The van der Waals surface area contributed by atoms with Crippen LogP contribution < -0.4 is 5.32 Å². The average Bonchev–Trinajstić information content (AvgIpc) is 2.58. The second-order valence-electron chi connectivity index (χ2n) is 5.82. The summed E-state index contributed by atoms with van der Waals surface area (Å²) in [5.41, 5.74) is 1.39. The van der Waals surface area contributed by atoms with Gasteiger partial charge in [-0.2, -0.15) is 0 Å². The molecule has 1 aliphatic rings. The smallest absolute Gasteiger partial charge is 0.237 e. The van der Waals surface area contributed by atoms with E-state index in [1.165, 1.54) is 5.56 Å². The summed E-state index contributed by atoms with van der Waals surface area (Å²) < 4.78 is 0. The van der Waals surface area contributed by atoms with E-state index >= 15 is 0 Å². The summed E-state index contributed by atoms with van der Waals surface area (Å²) >= 11 is 0. The monoisotopic (exact) mass is 301 g/mol. The van der Waals surface area contributed by atoms with Crippen molar-refractivity contribution < 1.29 is 4.79 Å². The van der Waals surface area contributed by atoms with Crippen molar-refractivity contribution in [3.8, 4) is 0 Å². The van der Waals surface area contributed by atoms with Crippen LogP contribution in [-0.2, 0) is 11.2 Å². The SMILES string of the molecule is C=CCNC(=O)C(C)N1CCN(CCc2ccccc2)CC1. The minimum atomic E-state index is -0.0591. The molecule has 1 amide bonds. The molecule has 22 heavy (non-hydrogen) atoms. The number of nitrogens with one attached hydrogen (secondary N) is 1. The van der Waals surface area contributed by atoms with E-state index in [1.807, 2.05) is 6.92 Å². The predicted molar refractivity (Wildman–Crippen MR) is 90.8 cm³/mol. The molecule has 1 aliphatic heterocycles. The Morgan fingerprint density at radius 2 is 1.95 bits per heavy atom. The Kier molecular flexibility index (Phi) is 6.62. The molecule has 1 N–H and O–H groups in total. The molecule has 0 saturated carbocycles. The second kappa shape index (κ2) is 8.71. The van der Waals surface area contributed by atoms with Crippen LogP contribution in [0.1, 0.15) is 12.5 Å². The average molecular weight is 301 g/mol. The number of hydrogen-bond acceptors (Lipinski definition) is 3. The molecule has 4 heteroatoms. The molecule has 0 bridgehead atoms.